The van der Waals surface area contributed by atoms with Crippen molar-refractivity contribution in [3.05, 3.63) is 28.0 Å². The molecule has 1 aromatic heterocycles. The molecule has 0 aliphatic heterocycles. The molecule has 0 spiro atoms. The van der Waals surface area contributed by atoms with Crippen LogP contribution in [0.4, 0.5) is 16.2 Å². The summed E-state index contributed by atoms with van der Waals surface area (Å²) in [6.45, 7) is 0. The third kappa shape index (κ3) is 2.28. The van der Waals surface area contributed by atoms with Gasteiger partial charge in [0.25, 0.3) is 0 Å². The summed E-state index contributed by atoms with van der Waals surface area (Å²) in [6.07, 6.45) is 0. The highest BCUT2D eigenvalue weighted by Gasteiger charge is 2.18. The zero-order valence-electron chi connectivity index (χ0n) is 9.35. The Hall–Kier alpha value is -2.40. The molecule has 5 N–H and O–H groups in total. The molecule has 0 bridgehead atoms. The highest BCUT2D eigenvalue weighted by molar-refractivity contribution is 9.10. The second kappa shape index (κ2) is 4.70. The Morgan fingerprint density at radius 2 is 2.00 bits per heavy atom. The van der Waals surface area contributed by atoms with Gasteiger partial charge >= 0.3 is 0 Å². The molecular weight excluding hydrogens is 317 g/mol. The minimum absolute atomic E-state index is 0.0121. The smallest absolute Gasteiger partial charge is 0.222 e. The fourth-order valence-electron chi connectivity index (χ4n) is 1.53. The highest BCUT2D eigenvalue weighted by Crippen LogP contribution is 2.35. The molecule has 0 saturated heterocycles. The van der Waals surface area contributed by atoms with Crippen molar-refractivity contribution in [3.63, 3.8) is 0 Å². The summed E-state index contributed by atoms with van der Waals surface area (Å²) in [5.74, 6) is -1.18. The lowest BCUT2D eigenvalue weighted by molar-refractivity contribution is 0.474. The first-order valence-corrected chi connectivity index (χ1v) is 5.74. The number of aromatic nitrogens is 2. The van der Waals surface area contributed by atoms with Gasteiger partial charge in [0.1, 0.15) is 29.0 Å². The number of anilines is 2. The van der Waals surface area contributed by atoms with Gasteiger partial charge in [-0.15, -0.1) is 0 Å². The lowest BCUT2D eigenvalue weighted by Gasteiger charge is -2.09. The largest absolute Gasteiger partial charge is 0.507 e. The topological polar surface area (TPSA) is 122 Å². The average Bonchev–Trinajstić information content (AvgIpc) is 2.33. The number of aromatic hydroxyl groups is 1. The number of nitrogens with two attached hydrogens (primary N) is 2. The van der Waals surface area contributed by atoms with E-state index in [0.29, 0.717) is 0 Å². The van der Waals surface area contributed by atoms with Crippen molar-refractivity contribution in [1.82, 2.24) is 9.97 Å². The Morgan fingerprint density at radius 3 is 2.63 bits per heavy atom. The van der Waals surface area contributed by atoms with Crippen LogP contribution in [0, 0.1) is 17.1 Å². The van der Waals surface area contributed by atoms with Gasteiger partial charge in [-0.25, -0.2) is 9.37 Å². The van der Waals surface area contributed by atoms with Crippen molar-refractivity contribution in [3.8, 4) is 23.1 Å². The number of nitrogens with zero attached hydrogens (tertiary/aromatic N) is 3. The standard InChI is InChI=1S/C11H7BrFN5O/c12-6-2-8(19)4(1-7(6)13)9-5(3-14)10(15)18-11(16)17-9/h1-2,19H,(H4,15,16,17,18). The van der Waals surface area contributed by atoms with Crippen LogP contribution in [0.25, 0.3) is 11.3 Å². The normalized spacial score (nSPS) is 10.2. The highest BCUT2D eigenvalue weighted by atomic mass is 79.9. The molecule has 1 heterocycles. The van der Waals surface area contributed by atoms with E-state index in [9.17, 15) is 9.50 Å². The lowest BCUT2D eigenvalue weighted by atomic mass is 10.1. The van der Waals surface area contributed by atoms with Gasteiger partial charge in [0.2, 0.25) is 5.95 Å². The van der Waals surface area contributed by atoms with Crippen LogP contribution in [0.3, 0.4) is 0 Å². The van der Waals surface area contributed by atoms with E-state index >= 15 is 0 Å². The monoisotopic (exact) mass is 323 g/mol. The first-order valence-electron chi connectivity index (χ1n) is 4.95. The summed E-state index contributed by atoms with van der Waals surface area (Å²) in [5, 5.41) is 18.9. The van der Waals surface area contributed by atoms with Gasteiger partial charge in [-0.1, -0.05) is 0 Å². The molecule has 1 aromatic carbocycles. The molecule has 0 atom stereocenters. The Bertz CT molecular complexity index is 713. The SMILES string of the molecule is N#Cc1c(N)nc(N)nc1-c1cc(F)c(Br)cc1O. The van der Waals surface area contributed by atoms with Gasteiger partial charge in [-0.3, -0.25) is 0 Å². The van der Waals surface area contributed by atoms with Crippen molar-refractivity contribution >= 4 is 27.7 Å². The molecule has 0 aliphatic carbocycles. The molecular formula is C11H7BrFN5O. The summed E-state index contributed by atoms with van der Waals surface area (Å²) in [4.78, 5) is 7.47. The Balaban J connectivity index is 2.79. The zero-order valence-corrected chi connectivity index (χ0v) is 10.9. The van der Waals surface area contributed by atoms with Crippen LogP contribution in [-0.2, 0) is 0 Å². The van der Waals surface area contributed by atoms with Gasteiger partial charge in [0, 0.05) is 5.56 Å². The summed E-state index contributed by atoms with van der Waals surface area (Å²) in [7, 11) is 0. The van der Waals surface area contributed by atoms with E-state index in [1.54, 1.807) is 6.07 Å². The van der Waals surface area contributed by atoms with Crippen LogP contribution in [0.2, 0.25) is 0 Å². The first-order chi connectivity index (χ1) is 8.93. The molecule has 6 nitrogen and oxygen atoms in total. The van der Waals surface area contributed by atoms with Crippen molar-refractivity contribution in [1.29, 1.82) is 5.26 Å². The van der Waals surface area contributed by atoms with Crippen LogP contribution in [0.5, 0.6) is 5.75 Å². The lowest BCUT2D eigenvalue weighted by Crippen LogP contribution is -2.05. The van der Waals surface area contributed by atoms with Gasteiger partial charge in [0.15, 0.2) is 0 Å². The van der Waals surface area contributed by atoms with Crippen molar-refractivity contribution in [2.75, 3.05) is 11.5 Å². The predicted octanol–water partition coefficient (Wildman–Crippen LogP) is 1.79. The molecule has 0 radical (unpaired) electrons. The Kier molecular flexibility index (Phi) is 3.23. The minimum Gasteiger partial charge on any atom is -0.507 e. The minimum atomic E-state index is -0.618. The van der Waals surface area contributed by atoms with Crippen LogP contribution in [0.15, 0.2) is 16.6 Å². The summed E-state index contributed by atoms with van der Waals surface area (Å²) in [5.41, 5.74) is 10.9. The van der Waals surface area contributed by atoms with E-state index in [4.69, 9.17) is 16.7 Å². The number of phenols is 1. The van der Waals surface area contributed by atoms with Crippen LogP contribution < -0.4 is 11.5 Å². The second-order valence-corrected chi connectivity index (χ2v) is 4.44. The maximum absolute atomic E-state index is 13.5. The average molecular weight is 324 g/mol. The van der Waals surface area contributed by atoms with E-state index in [-0.39, 0.29) is 38.8 Å². The van der Waals surface area contributed by atoms with Gasteiger partial charge in [0.05, 0.1) is 10.2 Å². The number of nitriles is 1. The van der Waals surface area contributed by atoms with Crippen molar-refractivity contribution < 1.29 is 9.50 Å². The number of rotatable bonds is 1. The van der Waals surface area contributed by atoms with E-state index in [1.807, 2.05) is 0 Å². The molecule has 2 rings (SSSR count). The molecule has 19 heavy (non-hydrogen) atoms. The maximum atomic E-state index is 13.5. The molecule has 2 aromatic rings. The molecule has 0 saturated carbocycles. The van der Waals surface area contributed by atoms with E-state index in [1.165, 1.54) is 0 Å². The summed E-state index contributed by atoms with van der Waals surface area (Å²) in [6, 6.07) is 3.98. The molecule has 0 fully saturated rings. The Morgan fingerprint density at radius 1 is 1.32 bits per heavy atom. The summed E-state index contributed by atoms with van der Waals surface area (Å²) < 4.78 is 13.6. The van der Waals surface area contributed by atoms with Crippen LogP contribution >= 0.6 is 15.9 Å². The molecule has 0 aliphatic rings. The quantitative estimate of drug-likeness (QED) is 0.735. The first kappa shape index (κ1) is 13.0. The third-order valence-electron chi connectivity index (χ3n) is 2.36. The van der Waals surface area contributed by atoms with Gasteiger partial charge in [-0.05, 0) is 28.1 Å². The van der Waals surface area contributed by atoms with Crippen molar-refractivity contribution in [2.45, 2.75) is 0 Å². The van der Waals surface area contributed by atoms with Crippen molar-refractivity contribution in [2.24, 2.45) is 0 Å². The number of benzene rings is 1. The van der Waals surface area contributed by atoms with E-state index < -0.39 is 5.82 Å². The maximum Gasteiger partial charge on any atom is 0.222 e. The second-order valence-electron chi connectivity index (χ2n) is 3.59. The molecule has 8 heteroatoms. The third-order valence-corrected chi connectivity index (χ3v) is 2.97. The van der Waals surface area contributed by atoms with E-state index in [2.05, 4.69) is 25.9 Å². The zero-order chi connectivity index (χ0) is 14.2. The number of halogens is 2. The molecule has 96 valence electrons. The van der Waals surface area contributed by atoms with E-state index in [0.717, 1.165) is 12.1 Å². The van der Waals surface area contributed by atoms with Crippen LogP contribution in [0.1, 0.15) is 5.56 Å². The van der Waals surface area contributed by atoms with Crippen LogP contribution in [-0.4, -0.2) is 15.1 Å². The fourth-order valence-corrected chi connectivity index (χ4v) is 1.86. The van der Waals surface area contributed by atoms with Gasteiger partial charge < -0.3 is 16.6 Å². The predicted molar refractivity (Wildman–Crippen MR) is 70.3 cm³/mol. The fraction of sp³-hybridized carbons (Fsp3) is 0. The summed E-state index contributed by atoms with van der Waals surface area (Å²) >= 11 is 2.94. The number of hydrogen-bond acceptors (Lipinski definition) is 6. The number of nitrogen functional groups attached to an aromatic ring is 2. The molecule has 0 amide bonds. The number of hydrogen-bond donors (Lipinski definition) is 3. The Labute approximate surface area is 115 Å². The number of phenolic OH excluding ortho intramolecular Hbond substituents is 1. The van der Waals surface area contributed by atoms with Gasteiger partial charge in [-0.2, -0.15) is 10.2 Å². The molecule has 0 unspecified atom stereocenters.